The smallest absolute Gasteiger partial charge is 0.343 e. The van der Waals surface area contributed by atoms with E-state index in [4.69, 9.17) is 11.6 Å². The van der Waals surface area contributed by atoms with Crippen molar-refractivity contribution < 1.29 is 9.53 Å². The second kappa shape index (κ2) is 3.40. The van der Waals surface area contributed by atoms with Crippen molar-refractivity contribution in [1.29, 1.82) is 0 Å². The molecule has 0 saturated heterocycles. The fourth-order valence-corrected chi connectivity index (χ4v) is 0.884. The average molecular weight is 188 g/mol. The van der Waals surface area contributed by atoms with Crippen LogP contribution < -0.4 is 5.43 Å². The molecule has 0 aliphatic heterocycles. The number of nitrogens with one attached hydrogen (secondary N) is 1. The number of pyridine rings is 1. The third-order valence-electron chi connectivity index (χ3n) is 1.30. The van der Waals surface area contributed by atoms with Gasteiger partial charge in [0.05, 0.1) is 7.11 Å². The first-order chi connectivity index (χ1) is 5.66. The van der Waals surface area contributed by atoms with Crippen molar-refractivity contribution in [2.45, 2.75) is 0 Å². The van der Waals surface area contributed by atoms with Crippen molar-refractivity contribution in [3.05, 3.63) is 33.2 Å². The van der Waals surface area contributed by atoms with Crippen LogP contribution in [0.25, 0.3) is 0 Å². The van der Waals surface area contributed by atoms with Gasteiger partial charge in [-0.25, -0.2) is 4.79 Å². The van der Waals surface area contributed by atoms with Crippen molar-refractivity contribution in [1.82, 2.24) is 4.98 Å². The van der Waals surface area contributed by atoms with Crippen LogP contribution in [0, 0.1) is 0 Å². The lowest BCUT2D eigenvalue weighted by Gasteiger charge is -1.96. The van der Waals surface area contributed by atoms with E-state index in [0.717, 1.165) is 0 Å². The van der Waals surface area contributed by atoms with Crippen LogP contribution in [0.15, 0.2) is 17.2 Å². The molecule has 0 unspecified atom stereocenters. The quantitative estimate of drug-likeness (QED) is 0.662. The fourth-order valence-electron chi connectivity index (χ4n) is 0.719. The highest BCUT2D eigenvalue weighted by Gasteiger charge is 2.11. The van der Waals surface area contributed by atoms with Gasteiger partial charge in [0.2, 0.25) is 5.43 Å². The third-order valence-corrected chi connectivity index (χ3v) is 1.59. The second-order valence-electron chi connectivity index (χ2n) is 2.04. The van der Waals surface area contributed by atoms with E-state index in [-0.39, 0.29) is 10.6 Å². The fraction of sp³-hybridized carbons (Fsp3) is 0.143. The Morgan fingerprint density at radius 2 is 2.25 bits per heavy atom. The summed E-state index contributed by atoms with van der Waals surface area (Å²) in [5, 5.41) is -0.0297. The van der Waals surface area contributed by atoms with Crippen LogP contribution in [0.3, 0.4) is 0 Å². The SMILES string of the molecule is COC(=O)c1c[nH]cc(Cl)c1=O. The Morgan fingerprint density at radius 3 is 2.83 bits per heavy atom. The molecule has 0 amide bonds. The molecule has 0 aromatic carbocycles. The third kappa shape index (κ3) is 1.48. The summed E-state index contributed by atoms with van der Waals surface area (Å²) in [6, 6.07) is 0. The molecule has 1 aromatic heterocycles. The highest BCUT2D eigenvalue weighted by molar-refractivity contribution is 6.30. The van der Waals surface area contributed by atoms with Gasteiger partial charge in [0, 0.05) is 12.4 Å². The maximum atomic E-state index is 11.1. The molecular weight excluding hydrogens is 182 g/mol. The van der Waals surface area contributed by atoms with Gasteiger partial charge in [-0.3, -0.25) is 4.79 Å². The number of H-pyrrole nitrogens is 1. The maximum absolute atomic E-state index is 11.1. The number of aromatic amines is 1. The van der Waals surface area contributed by atoms with Crippen molar-refractivity contribution in [2.24, 2.45) is 0 Å². The zero-order chi connectivity index (χ0) is 9.14. The van der Waals surface area contributed by atoms with Gasteiger partial charge in [0.15, 0.2) is 0 Å². The molecule has 4 nitrogen and oxygen atoms in total. The summed E-state index contributed by atoms with van der Waals surface area (Å²) in [6.07, 6.45) is 2.55. The van der Waals surface area contributed by atoms with Crippen LogP contribution in [0.4, 0.5) is 0 Å². The molecule has 5 heteroatoms. The van der Waals surface area contributed by atoms with Crippen LogP contribution >= 0.6 is 11.6 Å². The number of hydrogen-bond donors (Lipinski definition) is 1. The van der Waals surface area contributed by atoms with Gasteiger partial charge < -0.3 is 9.72 Å². The molecule has 0 saturated carbocycles. The minimum absolute atomic E-state index is 0.0297. The maximum Gasteiger partial charge on any atom is 0.343 e. The molecule has 1 heterocycles. The largest absolute Gasteiger partial charge is 0.465 e. The zero-order valence-corrected chi connectivity index (χ0v) is 7.01. The number of aromatic nitrogens is 1. The van der Waals surface area contributed by atoms with E-state index in [1.807, 2.05) is 0 Å². The van der Waals surface area contributed by atoms with Gasteiger partial charge >= 0.3 is 5.97 Å². The van der Waals surface area contributed by atoms with Gasteiger partial charge in [-0.1, -0.05) is 11.6 Å². The second-order valence-corrected chi connectivity index (χ2v) is 2.44. The lowest BCUT2D eigenvalue weighted by Crippen LogP contribution is -2.16. The van der Waals surface area contributed by atoms with E-state index in [1.54, 1.807) is 0 Å². The number of halogens is 1. The van der Waals surface area contributed by atoms with Crippen LogP contribution in [-0.4, -0.2) is 18.1 Å². The van der Waals surface area contributed by atoms with E-state index in [2.05, 4.69) is 9.72 Å². The molecule has 1 rings (SSSR count). The number of methoxy groups -OCH3 is 1. The van der Waals surface area contributed by atoms with Crippen molar-refractivity contribution in [2.75, 3.05) is 7.11 Å². The summed E-state index contributed by atoms with van der Waals surface area (Å²) in [5.41, 5.74) is -0.618. The Hall–Kier alpha value is -1.29. The van der Waals surface area contributed by atoms with Crippen molar-refractivity contribution in [3.63, 3.8) is 0 Å². The summed E-state index contributed by atoms with van der Waals surface area (Å²) >= 11 is 5.46. The van der Waals surface area contributed by atoms with Gasteiger partial charge in [-0.05, 0) is 0 Å². The molecule has 12 heavy (non-hydrogen) atoms. The molecule has 64 valence electrons. The number of carbonyl (C=O) groups is 1. The summed E-state index contributed by atoms with van der Waals surface area (Å²) < 4.78 is 4.35. The molecule has 0 fully saturated rings. The van der Waals surface area contributed by atoms with E-state index in [1.165, 1.54) is 19.5 Å². The van der Waals surface area contributed by atoms with Gasteiger partial charge in [-0.2, -0.15) is 0 Å². The first kappa shape index (κ1) is 8.80. The lowest BCUT2D eigenvalue weighted by molar-refractivity contribution is 0.0599. The highest BCUT2D eigenvalue weighted by Crippen LogP contribution is 2.00. The number of hydrogen-bond acceptors (Lipinski definition) is 3. The predicted octanol–water partition coefficient (Wildman–Crippen LogP) is 0.815. The molecule has 0 spiro atoms. The molecule has 1 N–H and O–H groups in total. The Labute approximate surface area is 73.1 Å². The van der Waals surface area contributed by atoms with Gasteiger partial charge in [0.25, 0.3) is 0 Å². The highest BCUT2D eigenvalue weighted by atomic mass is 35.5. The van der Waals surface area contributed by atoms with E-state index < -0.39 is 11.4 Å². The first-order valence-electron chi connectivity index (χ1n) is 3.11. The summed E-state index contributed by atoms with van der Waals surface area (Å²) in [7, 11) is 1.20. The molecule has 0 atom stereocenters. The summed E-state index contributed by atoms with van der Waals surface area (Å²) in [6.45, 7) is 0. The minimum atomic E-state index is -0.696. The van der Waals surface area contributed by atoms with Gasteiger partial charge in [-0.15, -0.1) is 0 Å². The van der Waals surface area contributed by atoms with Crippen molar-refractivity contribution in [3.8, 4) is 0 Å². The Kier molecular flexibility index (Phi) is 2.50. The van der Waals surface area contributed by atoms with Gasteiger partial charge in [0.1, 0.15) is 10.6 Å². The Bertz CT molecular complexity index is 358. The van der Waals surface area contributed by atoms with Crippen LogP contribution in [-0.2, 0) is 4.74 Å². The summed E-state index contributed by atoms with van der Waals surface area (Å²) in [4.78, 5) is 24.6. The average Bonchev–Trinajstić information content (AvgIpc) is 2.08. The van der Waals surface area contributed by atoms with E-state index >= 15 is 0 Å². The monoisotopic (exact) mass is 187 g/mol. The Balaban J connectivity index is 3.26. The number of ether oxygens (including phenoxy) is 1. The number of carbonyl (C=O) groups excluding carboxylic acids is 1. The molecule has 0 bridgehead atoms. The minimum Gasteiger partial charge on any atom is -0.465 e. The van der Waals surface area contributed by atoms with Crippen LogP contribution in [0.5, 0.6) is 0 Å². The summed E-state index contributed by atoms with van der Waals surface area (Å²) in [5.74, 6) is -0.696. The first-order valence-corrected chi connectivity index (χ1v) is 3.49. The standard InChI is InChI=1S/C7H6ClNO3/c1-12-7(11)4-2-9-3-5(8)6(4)10/h2-3H,1H3,(H,9,10). The zero-order valence-electron chi connectivity index (χ0n) is 6.26. The molecular formula is C7H6ClNO3. The molecule has 1 aromatic rings. The van der Waals surface area contributed by atoms with Crippen LogP contribution in [0.2, 0.25) is 5.02 Å². The number of esters is 1. The van der Waals surface area contributed by atoms with Crippen LogP contribution in [0.1, 0.15) is 10.4 Å². The Morgan fingerprint density at radius 1 is 1.58 bits per heavy atom. The van der Waals surface area contributed by atoms with E-state index in [0.29, 0.717) is 0 Å². The predicted molar refractivity (Wildman–Crippen MR) is 43.4 cm³/mol. The molecule has 0 aliphatic carbocycles. The van der Waals surface area contributed by atoms with E-state index in [9.17, 15) is 9.59 Å². The normalized spacial score (nSPS) is 9.50. The molecule has 0 aliphatic rings. The molecule has 0 radical (unpaired) electrons. The lowest BCUT2D eigenvalue weighted by atomic mass is 10.3. The number of rotatable bonds is 1. The topological polar surface area (TPSA) is 59.2 Å². The van der Waals surface area contributed by atoms with Crippen molar-refractivity contribution >= 4 is 17.6 Å².